The molecule has 1 amide bonds. The van der Waals surface area contributed by atoms with Crippen molar-refractivity contribution in [2.24, 2.45) is 0 Å². The second kappa shape index (κ2) is 6.79. The molecule has 0 atom stereocenters. The summed E-state index contributed by atoms with van der Waals surface area (Å²) >= 11 is 0. The number of rotatable bonds is 5. The summed E-state index contributed by atoms with van der Waals surface area (Å²) < 4.78 is 11.1. The number of carbonyl (C=O) groups is 1. The Kier molecular flexibility index (Phi) is 4.56. The van der Waals surface area contributed by atoms with Crippen LogP contribution in [0.2, 0.25) is 0 Å². The lowest BCUT2D eigenvalue weighted by atomic mass is 10.0. The molecule has 1 N–H and O–H groups in total. The van der Waals surface area contributed by atoms with Gasteiger partial charge >= 0.3 is 0 Å². The molecular formula is C20H21NO3. The van der Waals surface area contributed by atoms with Crippen molar-refractivity contribution >= 4 is 22.6 Å². The van der Waals surface area contributed by atoms with Gasteiger partial charge in [0.1, 0.15) is 11.3 Å². The predicted molar refractivity (Wildman–Crippen MR) is 95.6 cm³/mol. The summed E-state index contributed by atoms with van der Waals surface area (Å²) in [4.78, 5) is 12.3. The van der Waals surface area contributed by atoms with Gasteiger partial charge in [-0.3, -0.25) is 4.79 Å². The van der Waals surface area contributed by atoms with Crippen LogP contribution in [0.4, 0.5) is 5.69 Å². The highest BCUT2D eigenvalue weighted by Gasteiger charge is 2.13. The molecule has 1 aromatic heterocycles. The zero-order chi connectivity index (χ0) is 17.1. The van der Waals surface area contributed by atoms with Crippen LogP contribution in [0.1, 0.15) is 23.6 Å². The number of hydrogen-bond acceptors (Lipinski definition) is 3. The Bertz CT molecular complexity index is 862. The van der Waals surface area contributed by atoms with E-state index >= 15 is 0 Å². The molecule has 0 bridgehead atoms. The van der Waals surface area contributed by atoms with E-state index in [2.05, 4.69) is 18.3 Å². The molecule has 4 heteroatoms. The highest BCUT2D eigenvalue weighted by molar-refractivity contribution is 5.95. The van der Waals surface area contributed by atoms with Crippen molar-refractivity contribution in [1.82, 2.24) is 0 Å². The van der Waals surface area contributed by atoms with E-state index in [-0.39, 0.29) is 12.3 Å². The van der Waals surface area contributed by atoms with Crippen molar-refractivity contribution in [3.8, 4) is 5.75 Å². The van der Waals surface area contributed by atoms with Gasteiger partial charge in [-0.15, -0.1) is 0 Å². The standard InChI is InChI=1S/C20H21NO3/c1-4-23-17-8-6-16(7-9-17)21-19(22)11-15-12-24-20-14(3)13(2)5-10-18(15)20/h5-10,12H,4,11H2,1-3H3,(H,21,22). The second-order valence-corrected chi connectivity index (χ2v) is 5.83. The summed E-state index contributed by atoms with van der Waals surface area (Å²) in [6.45, 7) is 6.65. The average molecular weight is 323 g/mol. The molecule has 24 heavy (non-hydrogen) atoms. The Morgan fingerprint density at radius 2 is 1.88 bits per heavy atom. The zero-order valence-corrected chi connectivity index (χ0v) is 14.2. The molecule has 0 saturated carbocycles. The third kappa shape index (κ3) is 3.27. The van der Waals surface area contributed by atoms with Gasteiger partial charge in [-0.05, 0) is 56.2 Å². The van der Waals surface area contributed by atoms with Gasteiger partial charge in [0.15, 0.2) is 0 Å². The number of fused-ring (bicyclic) bond motifs is 1. The summed E-state index contributed by atoms with van der Waals surface area (Å²) in [5.41, 5.74) is 4.81. The quantitative estimate of drug-likeness (QED) is 0.745. The molecule has 3 aromatic rings. The van der Waals surface area contributed by atoms with E-state index in [9.17, 15) is 4.79 Å². The van der Waals surface area contributed by atoms with Crippen LogP contribution in [-0.2, 0) is 11.2 Å². The van der Waals surface area contributed by atoms with Gasteiger partial charge < -0.3 is 14.5 Å². The molecule has 4 nitrogen and oxygen atoms in total. The fraction of sp³-hybridized carbons (Fsp3) is 0.250. The SMILES string of the molecule is CCOc1ccc(NC(=O)Cc2coc3c(C)c(C)ccc23)cc1. The first kappa shape index (κ1) is 16.1. The Balaban J connectivity index is 1.72. The molecule has 0 saturated heterocycles. The number of nitrogens with one attached hydrogen (secondary N) is 1. The highest BCUT2D eigenvalue weighted by Crippen LogP contribution is 2.27. The van der Waals surface area contributed by atoms with Crippen LogP contribution in [0.3, 0.4) is 0 Å². The monoisotopic (exact) mass is 323 g/mol. The van der Waals surface area contributed by atoms with E-state index in [0.717, 1.165) is 33.5 Å². The molecule has 0 aliphatic rings. The molecule has 0 fully saturated rings. The fourth-order valence-corrected chi connectivity index (χ4v) is 2.70. The third-order valence-electron chi connectivity index (χ3n) is 4.14. The number of carbonyl (C=O) groups excluding carboxylic acids is 1. The minimum Gasteiger partial charge on any atom is -0.494 e. The van der Waals surface area contributed by atoms with Crippen molar-refractivity contribution in [3.63, 3.8) is 0 Å². The minimum absolute atomic E-state index is 0.0694. The summed E-state index contributed by atoms with van der Waals surface area (Å²) in [5.74, 6) is 0.724. The van der Waals surface area contributed by atoms with Crippen molar-refractivity contribution in [3.05, 3.63) is 59.4 Å². The topological polar surface area (TPSA) is 51.5 Å². The number of hydrogen-bond donors (Lipinski definition) is 1. The van der Waals surface area contributed by atoms with E-state index in [1.54, 1.807) is 6.26 Å². The maximum Gasteiger partial charge on any atom is 0.228 e. The van der Waals surface area contributed by atoms with Crippen molar-refractivity contribution in [2.45, 2.75) is 27.2 Å². The van der Waals surface area contributed by atoms with Gasteiger partial charge in [0, 0.05) is 16.6 Å². The Labute approximate surface area is 141 Å². The number of amides is 1. The average Bonchev–Trinajstić information content (AvgIpc) is 2.96. The first-order valence-electron chi connectivity index (χ1n) is 8.07. The highest BCUT2D eigenvalue weighted by atomic mass is 16.5. The van der Waals surface area contributed by atoms with Gasteiger partial charge in [-0.25, -0.2) is 0 Å². The van der Waals surface area contributed by atoms with E-state index in [4.69, 9.17) is 9.15 Å². The summed E-state index contributed by atoms with van der Waals surface area (Å²) in [5, 5.41) is 3.90. The maximum absolute atomic E-state index is 12.3. The molecule has 0 unspecified atom stereocenters. The first-order chi connectivity index (χ1) is 11.6. The lowest BCUT2D eigenvalue weighted by molar-refractivity contribution is -0.115. The van der Waals surface area contributed by atoms with E-state index < -0.39 is 0 Å². The lowest BCUT2D eigenvalue weighted by Crippen LogP contribution is -2.14. The normalized spacial score (nSPS) is 10.8. The molecular weight excluding hydrogens is 302 g/mol. The summed E-state index contributed by atoms with van der Waals surface area (Å²) in [7, 11) is 0. The zero-order valence-electron chi connectivity index (χ0n) is 14.2. The Morgan fingerprint density at radius 1 is 1.12 bits per heavy atom. The van der Waals surface area contributed by atoms with Gasteiger partial charge in [0.2, 0.25) is 5.91 Å². The molecule has 0 aliphatic heterocycles. The maximum atomic E-state index is 12.3. The largest absolute Gasteiger partial charge is 0.494 e. The van der Waals surface area contributed by atoms with E-state index in [0.29, 0.717) is 6.61 Å². The van der Waals surface area contributed by atoms with Crippen LogP contribution >= 0.6 is 0 Å². The van der Waals surface area contributed by atoms with E-state index in [1.165, 1.54) is 5.56 Å². The van der Waals surface area contributed by atoms with Crippen LogP contribution in [0.15, 0.2) is 47.1 Å². The Hall–Kier alpha value is -2.75. The molecule has 3 rings (SSSR count). The van der Waals surface area contributed by atoms with Gasteiger partial charge in [0.25, 0.3) is 0 Å². The van der Waals surface area contributed by atoms with Crippen LogP contribution in [0.25, 0.3) is 11.0 Å². The van der Waals surface area contributed by atoms with Crippen LogP contribution in [0, 0.1) is 13.8 Å². The van der Waals surface area contributed by atoms with Crippen molar-refractivity contribution in [2.75, 3.05) is 11.9 Å². The smallest absolute Gasteiger partial charge is 0.228 e. The molecule has 1 heterocycles. The number of anilines is 1. The number of furan rings is 1. The van der Waals surface area contributed by atoms with Gasteiger partial charge in [-0.2, -0.15) is 0 Å². The summed E-state index contributed by atoms with van der Waals surface area (Å²) in [6.07, 6.45) is 1.96. The summed E-state index contributed by atoms with van der Waals surface area (Å²) in [6, 6.07) is 11.4. The van der Waals surface area contributed by atoms with Crippen LogP contribution < -0.4 is 10.1 Å². The van der Waals surface area contributed by atoms with Crippen LogP contribution in [0.5, 0.6) is 5.75 Å². The number of ether oxygens (including phenoxy) is 1. The number of aryl methyl sites for hydroxylation is 2. The fourth-order valence-electron chi connectivity index (χ4n) is 2.70. The minimum atomic E-state index is -0.0694. The molecule has 0 spiro atoms. The Morgan fingerprint density at radius 3 is 2.58 bits per heavy atom. The van der Waals surface area contributed by atoms with Gasteiger partial charge in [-0.1, -0.05) is 12.1 Å². The van der Waals surface area contributed by atoms with Gasteiger partial charge in [0.05, 0.1) is 19.3 Å². The van der Waals surface area contributed by atoms with E-state index in [1.807, 2.05) is 44.2 Å². The lowest BCUT2D eigenvalue weighted by Gasteiger charge is -2.07. The van der Waals surface area contributed by atoms with Crippen LogP contribution in [-0.4, -0.2) is 12.5 Å². The van der Waals surface area contributed by atoms with Crippen molar-refractivity contribution in [1.29, 1.82) is 0 Å². The molecule has 0 aliphatic carbocycles. The van der Waals surface area contributed by atoms with Crippen molar-refractivity contribution < 1.29 is 13.9 Å². The second-order valence-electron chi connectivity index (χ2n) is 5.83. The molecule has 124 valence electrons. The first-order valence-corrected chi connectivity index (χ1v) is 8.07. The molecule has 2 aromatic carbocycles. The third-order valence-corrected chi connectivity index (χ3v) is 4.14. The predicted octanol–water partition coefficient (Wildman–Crippen LogP) is 4.63. The number of benzene rings is 2. The molecule has 0 radical (unpaired) electrons.